The van der Waals surface area contributed by atoms with Crippen LogP contribution in [0.2, 0.25) is 10.0 Å². The fourth-order valence-corrected chi connectivity index (χ4v) is 6.71. The summed E-state index contributed by atoms with van der Waals surface area (Å²) in [5, 5.41) is 25.6. The number of carbonyl (C=O) groups excluding carboxylic acids is 1. The van der Waals surface area contributed by atoms with E-state index in [2.05, 4.69) is 141 Å². The highest BCUT2D eigenvalue weighted by molar-refractivity contribution is 6.39. The zero-order chi connectivity index (χ0) is 47.6. The van der Waals surface area contributed by atoms with E-state index in [4.69, 9.17) is 37.4 Å². The Bertz CT molecular complexity index is 1850. The number of allylic oxidation sites excluding steroid dienone is 20. The molecule has 66 heavy (non-hydrogen) atoms. The maximum absolute atomic E-state index is 13.2. The summed E-state index contributed by atoms with van der Waals surface area (Å²) >= 11 is 12.8. The van der Waals surface area contributed by atoms with Crippen molar-refractivity contribution in [2.24, 2.45) is 0 Å². The first-order valence-electron chi connectivity index (χ1n) is 23.9. The molecule has 3 atom stereocenters. The van der Waals surface area contributed by atoms with E-state index in [0.717, 1.165) is 83.5 Å². The van der Waals surface area contributed by atoms with Gasteiger partial charge in [-0.2, -0.15) is 0 Å². The lowest BCUT2D eigenvalue weighted by molar-refractivity contribution is -0.197. The average molecular weight is 943 g/mol. The highest BCUT2D eigenvalue weighted by Gasteiger charge is 2.20. The lowest BCUT2D eigenvalue weighted by atomic mass is 10.1. The second kappa shape index (κ2) is 40.8. The van der Waals surface area contributed by atoms with Gasteiger partial charge in [-0.3, -0.25) is 4.79 Å². The number of nitrogens with one attached hydrogen (secondary N) is 1. The summed E-state index contributed by atoms with van der Waals surface area (Å²) in [7, 11) is 0. The average Bonchev–Trinajstić information content (AvgIpc) is 3.31. The minimum atomic E-state index is -1.10. The third-order valence-electron chi connectivity index (χ3n) is 9.79. The molecule has 0 heterocycles. The maximum atomic E-state index is 13.2. The summed E-state index contributed by atoms with van der Waals surface area (Å²) in [4.78, 5) is 13.2. The number of aliphatic hydroxyl groups excluding tert-OH is 2. The van der Waals surface area contributed by atoms with E-state index in [1.807, 2.05) is 24.3 Å². The summed E-state index contributed by atoms with van der Waals surface area (Å²) in [5.41, 5.74) is 1.89. The standard InChI is InChI=1S/C57H77Cl2NO6/c1-3-5-7-9-11-13-15-17-19-21-23-25-27-29-31-33-35-44-54(61)64-47-50(48-65-56(63)46-49-40-37-38-43-53(49)60-57-51(58)41-39-42-52(57)59)66-55(62)45-36-34-32-30-28-26-24-22-20-18-16-14-12-10-8-6-4-2/h5-8,11-14,17-20,23-26,29-32,37-43,50,54-55,60-62H,3-4,9-10,15-16,21-22,27-28,33-36,44-48H2,1-2H3/b7-5-,8-6-,13-11-,14-12-,19-17-,20-18-,25-23-,26-24-,31-29-,32-30-. The van der Waals surface area contributed by atoms with E-state index >= 15 is 0 Å². The van der Waals surface area contributed by atoms with Crippen LogP contribution in [0.1, 0.15) is 122 Å². The molecule has 0 radical (unpaired) electrons. The molecule has 0 bridgehead atoms. The number of benzene rings is 2. The Balaban J connectivity index is 1.82. The van der Waals surface area contributed by atoms with Gasteiger partial charge in [0.15, 0.2) is 12.6 Å². The highest BCUT2D eigenvalue weighted by atomic mass is 35.5. The molecule has 3 N–H and O–H groups in total. The molecule has 0 aliphatic heterocycles. The quantitative estimate of drug-likeness (QED) is 0.0269. The summed E-state index contributed by atoms with van der Waals surface area (Å²) < 4.78 is 17.3. The molecule has 9 heteroatoms. The SMILES string of the molecule is CC/C=C\C/C=C\C/C=C\C/C=C\C/C=C\CCCC(O)OCC(COC(=O)Cc1ccccc1Nc1c(Cl)cccc1Cl)OC(O)CCC/C=C\C/C=C\C/C=C\C/C=C\C/C=C\CC. The number of halogens is 2. The maximum Gasteiger partial charge on any atom is 0.310 e. The zero-order valence-electron chi connectivity index (χ0n) is 39.5. The van der Waals surface area contributed by atoms with Gasteiger partial charge in [0.2, 0.25) is 0 Å². The van der Waals surface area contributed by atoms with Gasteiger partial charge in [-0.1, -0.05) is 183 Å². The van der Waals surface area contributed by atoms with Crippen LogP contribution >= 0.6 is 23.2 Å². The highest BCUT2D eigenvalue weighted by Crippen LogP contribution is 2.33. The van der Waals surface area contributed by atoms with Gasteiger partial charge in [-0.15, -0.1) is 0 Å². The Labute approximate surface area is 407 Å². The van der Waals surface area contributed by atoms with Crippen molar-refractivity contribution in [3.05, 3.63) is 180 Å². The molecule has 0 spiro atoms. The van der Waals surface area contributed by atoms with E-state index < -0.39 is 24.7 Å². The Morgan fingerprint density at radius 2 is 0.985 bits per heavy atom. The number of anilines is 2. The molecular formula is C57H77Cl2NO6. The molecule has 0 aliphatic carbocycles. The van der Waals surface area contributed by atoms with Crippen molar-refractivity contribution >= 4 is 40.5 Å². The molecule has 2 aromatic rings. The fraction of sp³-hybridized carbons (Fsp3) is 0.421. The zero-order valence-corrected chi connectivity index (χ0v) is 41.1. The van der Waals surface area contributed by atoms with E-state index in [9.17, 15) is 15.0 Å². The van der Waals surface area contributed by atoms with Crippen molar-refractivity contribution in [2.45, 2.75) is 142 Å². The van der Waals surface area contributed by atoms with E-state index in [-0.39, 0.29) is 19.6 Å². The fourth-order valence-electron chi connectivity index (χ4n) is 6.22. The topological polar surface area (TPSA) is 97.2 Å². The van der Waals surface area contributed by atoms with Crippen LogP contribution in [0.3, 0.4) is 0 Å². The molecule has 0 amide bonds. The van der Waals surface area contributed by atoms with Gasteiger partial charge in [0.1, 0.15) is 12.7 Å². The summed E-state index contributed by atoms with van der Waals surface area (Å²) in [6.07, 6.45) is 53.8. The van der Waals surface area contributed by atoms with Crippen LogP contribution in [0, 0.1) is 0 Å². The first-order valence-corrected chi connectivity index (χ1v) is 24.7. The Kier molecular flexibility index (Phi) is 35.6. The first kappa shape index (κ1) is 57.7. The van der Waals surface area contributed by atoms with Crippen molar-refractivity contribution < 1.29 is 29.2 Å². The minimum absolute atomic E-state index is 0.0347. The Morgan fingerprint density at radius 1 is 0.561 bits per heavy atom. The predicted octanol–water partition coefficient (Wildman–Crippen LogP) is 15.7. The number of rotatable bonds is 37. The van der Waals surface area contributed by atoms with Crippen LogP contribution in [0.25, 0.3) is 0 Å². The molecule has 2 aromatic carbocycles. The summed E-state index contributed by atoms with van der Waals surface area (Å²) in [6, 6.07) is 12.6. The van der Waals surface area contributed by atoms with Crippen LogP contribution in [0.5, 0.6) is 0 Å². The molecule has 3 unspecified atom stereocenters. The second-order valence-corrected chi connectivity index (χ2v) is 16.3. The number of unbranched alkanes of at least 4 members (excludes halogenated alkanes) is 2. The molecule has 0 aromatic heterocycles. The van der Waals surface area contributed by atoms with Gasteiger partial charge in [0.05, 0.1) is 28.8 Å². The predicted molar refractivity (Wildman–Crippen MR) is 280 cm³/mol. The number of para-hydroxylation sites is 2. The molecule has 0 saturated carbocycles. The van der Waals surface area contributed by atoms with Crippen LogP contribution in [0.4, 0.5) is 11.4 Å². The monoisotopic (exact) mass is 942 g/mol. The first-order chi connectivity index (χ1) is 32.3. The third-order valence-corrected chi connectivity index (χ3v) is 10.4. The lowest BCUT2D eigenvalue weighted by Gasteiger charge is -2.23. The summed E-state index contributed by atoms with van der Waals surface area (Å²) in [6.45, 7) is 4.06. The number of ether oxygens (including phenoxy) is 3. The van der Waals surface area contributed by atoms with Crippen LogP contribution in [-0.2, 0) is 25.4 Å². The Hall–Kier alpha value is -4.47. The van der Waals surface area contributed by atoms with Gasteiger partial charge in [0, 0.05) is 5.69 Å². The molecule has 7 nitrogen and oxygen atoms in total. The van der Waals surface area contributed by atoms with Gasteiger partial charge >= 0.3 is 5.97 Å². The number of hydrogen-bond acceptors (Lipinski definition) is 7. The molecule has 2 rings (SSSR count). The van der Waals surface area contributed by atoms with Crippen molar-refractivity contribution in [3.63, 3.8) is 0 Å². The van der Waals surface area contributed by atoms with Gasteiger partial charge in [0.25, 0.3) is 0 Å². The number of esters is 1. The third kappa shape index (κ3) is 31.4. The number of aliphatic hydroxyl groups is 2. The van der Waals surface area contributed by atoms with Gasteiger partial charge in [-0.25, -0.2) is 0 Å². The van der Waals surface area contributed by atoms with Crippen molar-refractivity contribution in [2.75, 3.05) is 18.5 Å². The molecule has 0 saturated heterocycles. The number of carbonyl (C=O) groups is 1. The number of hydrogen-bond donors (Lipinski definition) is 3. The van der Waals surface area contributed by atoms with Gasteiger partial charge in [-0.05, 0) is 126 Å². The van der Waals surface area contributed by atoms with Crippen molar-refractivity contribution in [3.8, 4) is 0 Å². The van der Waals surface area contributed by atoms with Crippen molar-refractivity contribution in [1.29, 1.82) is 0 Å². The minimum Gasteiger partial charge on any atom is -0.463 e. The largest absolute Gasteiger partial charge is 0.463 e. The van der Waals surface area contributed by atoms with E-state index in [1.165, 1.54) is 0 Å². The van der Waals surface area contributed by atoms with E-state index in [0.29, 0.717) is 46.2 Å². The molecule has 360 valence electrons. The van der Waals surface area contributed by atoms with Crippen LogP contribution in [-0.4, -0.2) is 48.1 Å². The van der Waals surface area contributed by atoms with Crippen molar-refractivity contribution in [1.82, 2.24) is 0 Å². The van der Waals surface area contributed by atoms with Crippen LogP contribution < -0.4 is 5.32 Å². The normalized spacial score (nSPS) is 14.2. The Morgan fingerprint density at radius 3 is 1.45 bits per heavy atom. The second-order valence-electron chi connectivity index (χ2n) is 15.5. The van der Waals surface area contributed by atoms with Gasteiger partial charge < -0.3 is 29.7 Å². The lowest BCUT2D eigenvalue weighted by Crippen LogP contribution is -2.33. The molecule has 0 fully saturated rings. The smallest absolute Gasteiger partial charge is 0.310 e. The van der Waals surface area contributed by atoms with Crippen LogP contribution in [0.15, 0.2) is 164 Å². The summed E-state index contributed by atoms with van der Waals surface area (Å²) in [5.74, 6) is -0.492. The molecule has 0 aliphatic rings. The van der Waals surface area contributed by atoms with E-state index in [1.54, 1.807) is 18.2 Å². The molecular weight excluding hydrogens is 866 g/mol.